The summed E-state index contributed by atoms with van der Waals surface area (Å²) < 4.78 is 35.4. The molecule has 1 aliphatic heterocycles. The second-order valence-corrected chi connectivity index (χ2v) is 10.3. The zero-order valence-electron chi connectivity index (χ0n) is 19.3. The largest absolute Gasteiger partial charge is 0.489 e. The molecule has 0 bridgehead atoms. The molecular formula is C24H28N4O6S. The van der Waals surface area contributed by atoms with E-state index < -0.39 is 22.0 Å². The Morgan fingerprint density at radius 1 is 1.17 bits per heavy atom. The van der Waals surface area contributed by atoms with Gasteiger partial charge in [0, 0.05) is 25.2 Å². The number of hydrogen-bond donors (Lipinski definition) is 3. The van der Waals surface area contributed by atoms with Crippen LogP contribution >= 0.6 is 0 Å². The molecule has 1 amide bonds. The minimum atomic E-state index is -4.17. The van der Waals surface area contributed by atoms with E-state index in [9.17, 15) is 23.2 Å². The zero-order chi connectivity index (χ0) is 25.0. The van der Waals surface area contributed by atoms with Gasteiger partial charge in [0.15, 0.2) is 0 Å². The second kappa shape index (κ2) is 10.5. The normalized spacial score (nSPS) is 16.0. The third-order valence-electron chi connectivity index (χ3n) is 6.06. The standard InChI is InChI=1S/C24H28N4O6S/c1-2-3-13-27-21-14-22(24(30)26-31)28(15-20(21)23(29)25-27)35(32,33)19-11-9-18(10-12-19)34-16-17-7-5-4-6-8-17/h4-12,22,31H,2-3,13-16H2,1H3,(H,25,29)(H,26,30)/t22-/m1/s1. The topological polar surface area (TPSA) is 134 Å². The maximum absolute atomic E-state index is 13.5. The maximum Gasteiger partial charge on any atom is 0.268 e. The highest BCUT2D eigenvalue weighted by Crippen LogP contribution is 2.29. The van der Waals surface area contributed by atoms with Crippen molar-refractivity contribution in [3.05, 3.63) is 81.8 Å². The summed E-state index contributed by atoms with van der Waals surface area (Å²) in [6.45, 7) is 2.61. The van der Waals surface area contributed by atoms with Crippen molar-refractivity contribution in [3.63, 3.8) is 0 Å². The highest BCUT2D eigenvalue weighted by molar-refractivity contribution is 7.89. The number of H-pyrrole nitrogens is 1. The minimum Gasteiger partial charge on any atom is -0.489 e. The van der Waals surface area contributed by atoms with Crippen LogP contribution in [0.25, 0.3) is 0 Å². The van der Waals surface area contributed by atoms with Gasteiger partial charge in [0.1, 0.15) is 18.4 Å². The van der Waals surface area contributed by atoms with Crippen LogP contribution in [-0.4, -0.2) is 39.7 Å². The number of rotatable bonds is 9. The molecule has 10 nitrogen and oxygen atoms in total. The third kappa shape index (κ3) is 5.16. The lowest BCUT2D eigenvalue weighted by molar-refractivity contribution is -0.133. The molecule has 3 aromatic rings. The van der Waals surface area contributed by atoms with Gasteiger partial charge >= 0.3 is 0 Å². The van der Waals surface area contributed by atoms with Gasteiger partial charge < -0.3 is 4.74 Å². The number of carbonyl (C=O) groups excluding carboxylic acids is 1. The predicted octanol–water partition coefficient (Wildman–Crippen LogP) is 2.18. The number of aryl methyl sites for hydroxylation is 1. The number of fused-ring (bicyclic) bond motifs is 1. The van der Waals surface area contributed by atoms with Crippen LogP contribution in [0.3, 0.4) is 0 Å². The van der Waals surface area contributed by atoms with Crippen LogP contribution in [0.2, 0.25) is 0 Å². The van der Waals surface area contributed by atoms with Crippen molar-refractivity contribution < 1.29 is 23.2 Å². The Hall–Kier alpha value is -3.41. The van der Waals surface area contributed by atoms with Crippen LogP contribution in [0.15, 0.2) is 64.3 Å². The molecule has 2 heterocycles. The first kappa shape index (κ1) is 24.7. The summed E-state index contributed by atoms with van der Waals surface area (Å²) in [5.41, 5.74) is 3.03. The molecule has 0 aliphatic carbocycles. The lowest BCUT2D eigenvalue weighted by atomic mass is 10.0. The first-order chi connectivity index (χ1) is 16.8. The van der Waals surface area contributed by atoms with E-state index in [0.717, 1.165) is 22.7 Å². The molecule has 35 heavy (non-hydrogen) atoms. The number of hydrogen-bond acceptors (Lipinski definition) is 6. The Bertz CT molecular complexity index is 1330. The Morgan fingerprint density at radius 3 is 2.54 bits per heavy atom. The molecule has 11 heteroatoms. The minimum absolute atomic E-state index is 0.0400. The number of aromatic nitrogens is 2. The number of sulfonamides is 1. The van der Waals surface area contributed by atoms with Crippen LogP contribution in [0.5, 0.6) is 5.75 Å². The molecule has 1 atom stereocenters. The molecule has 3 N–H and O–H groups in total. The molecule has 1 aromatic heterocycles. The fourth-order valence-corrected chi connectivity index (χ4v) is 5.70. The van der Waals surface area contributed by atoms with E-state index in [2.05, 4.69) is 5.10 Å². The summed E-state index contributed by atoms with van der Waals surface area (Å²) in [5.74, 6) is -0.374. The van der Waals surface area contributed by atoms with Crippen LogP contribution in [-0.2, 0) is 40.9 Å². The summed E-state index contributed by atoms with van der Waals surface area (Å²) in [4.78, 5) is 25.0. The van der Waals surface area contributed by atoms with Crippen LogP contribution in [0.4, 0.5) is 0 Å². The van der Waals surface area contributed by atoms with Crippen LogP contribution < -0.4 is 15.8 Å². The van der Waals surface area contributed by atoms with Gasteiger partial charge in [0.2, 0.25) is 10.0 Å². The quantitative estimate of drug-likeness (QED) is 0.305. The van der Waals surface area contributed by atoms with Crippen LogP contribution in [0.1, 0.15) is 36.6 Å². The summed E-state index contributed by atoms with van der Waals surface area (Å²) >= 11 is 0. The van der Waals surface area contributed by atoms with Gasteiger partial charge in [-0.15, -0.1) is 0 Å². The molecule has 0 spiro atoms. The van der Waals surface area contributed by atoms with Crippen molar-refractivity contribution >= 4 is 15.9 Å². The lowest BCUT2D eigenvalue weighted by Crippen LogP contribution is -2.52. The number of aromatic amines is 1. The van der Waals surface area contributed by atoms with E-state index in [1.54, 1.807) is 22.3 Å². The summed E-state index contributed by atoms with van der Waals surface area (Å²) in [6.07, 6.45) is 1.68. The van der Waals surface area contributed by atoms with Gasteiger partial charge in [-0.25, -0.2) is 13.9 Å². The van der Waals surface area contributed by atoms with Gasteiger partial charge in [-0.3, -0.25) is 24.6 Å². The third-order valence-corrected chi connectivity index (χ3v) is 7.93. The second-order valence-electron chi connectivity index (χ2n) is 8.36. The number of nitrogens with one attached hydrogen (secondary N) is 2. The van der Waals surface area contributed by atoms with Gasteiger partial charge in [-0.2, -0.15) is 4.31 Å². The average molecular weight is 501 g/mol. The molecule has 0 saturated carbocycles. The van der Waals surface area contributed by atoms with E-state index in [4.69, 9.17) is 4.74 Å². The van der Waals surface area contributed by atoms with Gasteiger partial charge in [-0.1, -0.05) is 43.7 Å². The van der Waals surface area contributed by atoms with E-state index >= 15 is 0 Å². The van der Waals surface area contributed by atoms with E-state index in [1.807, 2.05) is 37.3 Å². The van der Waals surface area contributed by atoms with Crippen molar-refractivity contribution in [1.29, 1.82) is 0 Å². The molecule has 0 saturated heterocycles. The first-order valence-electron chi connectivity index (χ1n) is 11.4. The highest BCUT2D eigenvalue weighted by Gasteiger charge is 2.42. The molecule has 4 rings (SSSR count). The number of benzene rings is 2. The molecule has 1 aliphatic rings. The summed E-state index contributed by atoms with van der Waals surface area (Å²) in [5, 5.41) is 12.0. The Labute approximate surface area is 203 Å². The molecule has 2 aromatic carbocycles. The van der Waals surface area contributed by atoms with Crippen molar-refractivity contribution in [2.45, 2.75) is 56.8 Å². The van der Waals surface area contributed by atoms with Gasteiger partial charge in [-0.05, 0) is 36.2 Å². The predicted molar refractivity (Wildman–Crippen MR) is 127 cm³/mol. The van der Waals surface area contributed by atoms with Crippen molar-refractivity contribution in [3.8, 4) is 5.75 Å². The monoisotopic (exact) mass is 500 g/mol. The Kier molecular flexibility index (Phi) is 7.39. The zero-order valence-corrected chi connectivity index (χ0v) is 20.1. The fraction of sp³-hybridized carbons (Fsp3) is 0.333. The first-order valence-corrected chi connectivity index (χ1v) is 12.8. The average Bonchev–Trinajstić information content (AvgIpc) is 3.20. The highest BCUT2D eigenvalue weighted by atomic mass is 32.2. The number of hydroxylamine groups is 1. The Morgan fingerprint density at radius 2 is 1.89 bits per heavy atom. The summed E-state index contributed by atoms with van der Waals surface area (Å²) in [7, 11) is -4.17. The Balaban J connectivity index is 1.59. The van der Waals surface area contributed by atoms with Crippen molar-refractivity contribution in [2.75, 3.05) is 0 Å². The van der Waals surface area contributed by atoms with Crippen molar-refractivity contribution in [2.24, 2.45) is 0 Å². The molecule has 0 fully saturated rings. The van der Waals surface area contributed by atoms with Crippen molar-refractivity contribution in [1.82, 2.24) is 19.6 Å². The van der Waals surface area contributed by atoms with Gasteiger partial charge in [0.25, 0.3) is 11.5 Å². The number of amides is 1. The maximum atomic E-state index is 13.5. The van der Waals surface area contributed by atoms with E-state index in [-0.39, 0.29) is 23.4 Å². The lowest BCUT2D eigenvalue weighted by Gasteiger charge is -2.33. The van der Waals surface area contributed by atoms with Gasteiger partial charge in [0.05, 0.1) is 10.5 Å². The number of ether oxygens (including phenoxy) is 1. The van der Waals surface area contributed by atoms with E-state index in [0.29, 0.717) is 30.2 Å². The van der Waals surface area contributed by atoms with E-state index in [1.165, 1.54) is 12.1 Å². The smallest absolute Gasteiger partial charge is 0.268 e. The SMILES string of the molecule is CCCCn1[nH]c(=O)c2c1C[C@H](C(=O)NO)N(S(=O)(=O)c1ccc(OCc3ccccc3)cc1)C2. The molecule has 0 unspecified atom stereocenters. The van der Waals surface area contributed by atoms with Crippen LogP contribution in [0, 0.1) is 0 Å². The number of unbranched alkanes of at least 4 members (excludes halogenated alkanes) is 1. The summed E-state index contributed by atoms with van der Waals surface area (Å²) in [6, 6.07) is 14.2. The molecular weight excluding hydrogens is 472 g/mol. The molecule has 186 valence electrons. The number of carbonyl (C=O) groups is 1. The fourth-order valence-electron chi connectivity index (χ4n) is 4.14. The molecule has 0 radical (unpaired) electrons. The number of nitrogens with zero attached hydrogens (tertiary/aromatic N) is 2.